The van der Waals surface area contributed by atoms with E-state index in [-0.39, 0.29) is 0 Å². The summed E-state index contributed by atoms with van der Waals surface area (Å²) in [7, 11) is 0. The van der Waals surface area contributed by atoms with Gasteiger partial charge in [-0.1, -0.05) is 0 Å². The van der Waals surface area contributed by atoms with Gasteiger partial charge < -0.3 is 15.4 Å². The number of likely N-dealkylation sites (tertiary alicyclic amines) is 1. The quantitative estimate of drug-likeness (QED) is 0.733. The summed E-state index contributed by atoms with van der Waals surface area (Å²) in [5.74, 6) is 0.713. The SMILES string of the molecule is CC(N)C1CCN(CCN2CCOCC2)C1. The van der Waals surface area contributed by atoms with Crippen LogP contribution in [0.1, 0.15) is 13.3 Å². The Morgan fingerprint density at radius 3 is 2.50 bits per heavy atom. The van der Waals surface area contributed by atoms with Crippen molar-refractivity contribution in [2.24, 2.45) is 11.7 Å². The van der Waals surface area contributed by atoms with Gasteiger partial charge in [-0.25, -0.2) is 0 Å². The molecule has 16 heavy (non-hydrogen) atoms. The van der Waals surface area contributed by atoms with Crippen LogP contribution < -0.4 is 5.73 Å². The third-order valence-corrected chi connectivity index (χ3v) is 3.89. The van der Waals surface area contributed by atoms with Crippen molar-refractivity contribution in [1.82, 2.24) is 9.80 Å². The number of rotatable bonds is 4. The van der Waals surface area contributed by atoms with E-state index in [1.807, 2.05) is 0 Å². The van der Waals surface area contributed by atoms with E-state index in [2.05, 4.69) is 16.7 Å². The number of nitrogens with zero attached hydrogens (tertiary/aromatic N) is 2. The van der Waals surface area contributed by atoms with Crippen LogP contribution in [0.25, 0.3) is 0 Å². The lowest BCUT2D eigenvalue weighted by Gasteiger charge is -2.28. The highest BCUT2D eigenvalue weighted by molar-refractivity contribution is 4.81. The highest BCUT2D eigenvalue weighted by Crippen LogP contribution is 2.18. The minimum Gasteiger partial charge on any atom is -0.379 e. The first kappa shape index (κ1) is 12.3. The van der Waals surface area contributed by atoms with E-state index < -0.39 is 0 Å². The van der Waals surface area contributed by atoms with Gasteiger partial charge in [-0.05, 0) is 25.8 Å². The van der Waals surface area contributed by atoms with Crippen molar-refractivity contribution in [3.63, 3.8) is 0 Å². The smallest absolute Gasteiger partial charge is 0.0594 e. The van der Waals surface area contributed by atoms with E-state index in [9.17, 15) is 0 Å². The summed E-state index contributed by atoms with van der Waals surface area (Å²) in [5, 5.41) is 0. The Balaban J connectivity index is 1.63. The van der Waals surface area contributed by atoms with Crippen LogP contribution in [0.5, 0.6) is 0 Å². The molecule has 2 fully saturated rings. The van der Waals surface area contributed by atoms with E-state index in [4.69, 9.17) is 10.5 Å². The van der Waals surface area contributed by atoms with Crippen LogP contribution in [0, 0.1) is 5.92 Å². The zero-order valence-electron chi connectivity index (χ0n) is 10.4. The average Bonchev–Trinajstić information content (AvgIpc) is 2.76. The molecule has 0 aromatic carbocycles. The summed E-state index contributed by atoms with van der Waals surface area (Å²) < 4.78 is 5.35. The Kier molecular flexibility index (Phi) is 4.58. The van der Waals surface area contributed by atoms with Gasteiger partial charge in [-0.2, -0.15) is 0 Å². The molecule has 0 radical (unpaired) electrons. The van der Waals surface area contributed by atoms with Crippen LogP contribution in [0.15, 0.2) is 0 Å². The molecule has 0 amide bonds. The summed E-state index contributed by atoms with van der Waals surface area (Å²) in [4.78, 5) is 5.06. The maximum atomic E-state index is 5.95. The molecule has 2 aliphatic heterocycles. The molecule has 2 rings (SSSR count). The maximum Gasteiger partial charge on any atom is 0.0594 e. The predicted molar refractivity (Wildman–Crippen MR) is 65.5 cm³/mol. The van der Waals surface area contributed by atoms with Crippen molar-refractivity contribution >= 4 is 0 Å². The van der Waals surface area contributed by atoms with E-state index in [0.29, 0.717) is 12.0 Å². The molecule has 0 aliphatic carbocycles. The van der Waals surface area contributed by atoms with Gasteiger partial charge in [0.2, 0.25) is 0 Å². The van der Waals surface area contributed by atoms with Crippen molar-refractivity contribution in [3.8, 4) is 0 Å². The van der Waals surface area contributed by atoms with Gasteiger partial charge in [0.05, 0.1) is 13.2 Å². The molecule has 4 nitrogen and oxygen atoms in total. The zero-order valence-corrected chi connectivity index (χ0v) is 10.4. The average molecular weight is 227 g/mol. The molecule has 94 valence electrons. The maximum absolute atomic E-state index is 5.95. The second-order valence-corrected chi connectivity index (χ2v) is 5.16. The zero-order chi connectivity index (χ0) is 11.4. The molecule has 2 saturated heterocycles. The highest BCUT2D eigenvalue weighted by Gasteiger charge is 2.25. The van der Waals surface area contributed by atoms with Gasteiger partial charge in [0.1, 0.15) is 0 Å². The molecule has 0 aromatic rings. The number of morpholine rings is 1. The minimum atomic E-state index is 0.355. The Hall–Kier alpha value is -0.160. The fourth-order valence-corrected chi connectivity index (χ4v) is 2.60. The third kappa shape index (κ3) is 3.42. The molecule has 0 saturated carbocycles. The van der Waals surface area contributed by atoms with Gasteiger partial charge in [0, 0.05) is 38.8 Å². The molecule has 0 spiro atoms. The first-order valence-electron chi connectivity index (χ1n) is 6.54. The Bertz CT molecular complexity index is 204. The van der Waals surface area contributed by atoms with Gasteiger partial charge in [0.25, 0.3) is 0 Å². The van der Waals surface area contributed by atoms with Gasteiger partial charge in [-0.15, -0.1) is 0 Å². The van der Waals surface area contributed by atoms with E-state index in [1.165, 1.54) is 32.6 Å². The molecular formula is C12H25N3O. The molecule has 2 unspecified atom stereocenters. The first-order valence-corrected chi connectivity index (χ1v) is 6.54. The van der Waals surface area contributed by atoms with E-state index in [1.54, 1.807) is 0 Å². The van der Waals surface area contributed by atoms with Crippen molar-refractivity contribution in [2.45, 2.75) is 19.4 Å². The summed E-state index contributed by atoms with van der Waals surface area (Å²) in [6, 6.07) is 0.355. The van der Waals surface area contributed by atoms with Crippen LogP contribution in [-0.4, -0.2) is 68.3 Å². The molecule has 2 heterocycles. The fraction of sp³-hybridized carbons (Fsp3) is 1.00. The minimum absolute atomic E-state index is 0.355. The monoisotopic (exact) mass is 227 g/mol. The van der Waals surface area contributed by atoms with Gasteiger partial charge in [-0.3, -0.25) is 4.90 Å². The van der Waals surface area contributed by atoms with Crippen LogP contribution in [-0.2, 0) is 4.74 Å². The van der Waals surface area contributed by atoms with Crippen molar-refractivity contribution in [3.05, 3.63) is 0 Å². The molecule has 2 atom stereocenters. The largest absolute Gasteiger partial charge is 0.379 e. The first-order chi connectivity index (χ1) is 7.75. The fourth-order valence-electron chi connectivity index (χ4n) is 2.60. The summed E-state index contributed by atoms with van der Waals surface area (Å²) >= 11 is 0. The molecule has 0 bridgehead atoms. The standard InChI is InChI=1S/C12H25N3O/c1-11(13)12-2-3-15(10-12)5-4-14-6-8-16-9-7-14/h11-12H,2-10,13H2,1H3. The van der Waals surface area contributed by atoms with Crippen LogP contribution >= 0.6 is 0 Å². The van der Waals surface area contributed by atoms with Crippen LogP contribution in [0.3, 0.4) is 0 Å². The Labute approximate surface area is 98.7 Å². The predicted octanol–water partition coefficient (Wildman–Crippen LogP) is -0.0123. The van der Waals surface area contributed by atoms with Crippen molar-refractivity contribution in [1.29, 1.82) is 0 Å². The van der Waals surface area contributed by atoms with Gasteiger partial charge in [0.15, 0.2) is 0 Å². The molecule has 2 N–H and O–H groups in total. The topological polar surface area (TPSA) is 41.7 Å². The lowest BCUT2D eigenvalue weighted by atomic mass is 10.0. The van der Waals surface area contributed by atoms with E-state index >= 15 is 0 Å². The Morgan fingerprint density at radius 2 is 1.88 bits per heavy atom. The normalized spacial score (nSPS) is 30.8. The van der Waals surface area contributed by atoms with Crippen molar-refractivity contribution in [2.75, 3.05) is 52.5 Å². The third-order valence-electron chi connectivity index (χ3n) is 3.89. The van der Waals surface area contributed by atoms with Crippen LogP contribution in [0.2, 0.25) is 0 Å². The second-order valence-electron chi connectivity index (χ2n) is 5.16. The number of ether oxygens (including phenoxy) is 1. The Morgan fingerprint density at radius 1 is 1.19 bits per heavy atom. The van der Waals surface area contributed by atoms with Crippen molar-refractivity contribution < 1.29 is 4.74 Å². The lowest BCUT2D eigenvalue weighted by Crippen LogP contribution is -2.41. The molecule has 4 heteroatoms. The number of nitrogens with two attached hydrogens (primary N) is 1. The van der Waals surface area contributed by atoms with Gasteiger partial charge >= 0.3 is 0 Å². The summed E-state index contributed by atoms with van der Waals surface area (Å²) in [5.41, 5.74) is 5.95. The number of hydrogen-bond donors (Lipinski definition) is 1. The summed E-state index contributed by atoms with van der Waals surface area (Å²) in [6.45, 7) is 11.0. The highest BCUT2D eigenvalue weighted by atomic mass is 16.5. The summed E-state index contributed by atoms with van der Waals surface area (Å²) in [6.07, 6.45) is 1.28. The van der Waals surface area contributed by atoms with E-state index in [0.717, 1.165) is 26.3 Å². The number of hydrogen-bond acceptors (Lipinski definition) is 4. The molecule has 2 aliphatic rings. The molecule has 0 aromatic heterocycles. The second kappa shape index (κ2) is 5.96. The van der Waals surface area contributed by atoms with Crippen LogP contribution in [0.4, 0.5) is 0 Å². The molecular weight excluding hydrogens is 202 g/mol. The lowest BCUT2D eigenvalue weighted by molar-refractivity contribution is 0.0342.